The normalized spacial score (nSPS) is 28.6. The highest BCUT2D eigenvalue weighted by molar-refractivity contribution is 6.22. The van der Waals surface area contributed by atoms with Crippen molar-refractivity contribution in [3.8, 4) is 0 Å². The van der Waals surface area contributed by atoms with Gasteiger partial charge in [0, 0.05) is 0 Å². The Morgan fingerprint density at radius 1 is 1.24 bits per heavy atom. The first-order chi connectivity index (χ1) is 10.0. The second kappa shape index (κ2) is 4.98. The fourth-order valence-corrected chi connectivity index (χ4v) is 3.56. The number of hydrogen-bond donors (Lipinski definition) is 1. The van der Waals surface area contributed by atoms with E-state index in [-0.39, 0.29) is 35.1 Å². The highest BCUT2D eigenvalue weighted by Gasteiger charge is 2.51. The van der Waals surface area contributed by atoms with Crippen molar-refractivity contribution < 1.29 is 19.5 Å². The van der Waals surface area contributed by atoms with E-state index in [9.17, 15) is 14.4 Å². The van der Waals surface area contributed by atoms with E-state index in [2.05, 4.69) is 0 Å². The van der Waals surface area contributed by atoms with Gasteiger partial charge >= 0.3 is 5.97 Å². The van der Waals surface area contributed by atoms with Crippen LogP contribution in [0.2, 0.25) is 0 Å². The molecule has 5 heteroatoms. The molecule has 0 bridgehead atoms. The molecule has 0 radical (unpaired) electrons. The van der Waals surface area contributed by atoms with Gasteiger partial charge in [0.1, 0.15) is 0 Å². The standard InChI is InChI=1S/C16H17NO4/c1-9-4-2-7-12-13(9)15(19)17(14(12)18)11-6-3-5-10(8-11)16(20)21/h3,5-6,8-9,12-13H,2,4,7H2,1H3,(H,20,21)/t9-,12+,13+/m0/s1. The van der Waals surface area contributed by atoms with Crippen molar-refractivity contribution in [2.45, 2.75) is 26.2 Å². The summed E-state index contributed by atoms with van der Waals surface area (Å²) < 4.78 is 0. The van der Waals surface area contributed by atoms with Crippen LogP contribution in [-0.2, 0) is 9.59 Å². The Morgan fingerprint density at radius 3 is 2.67 bits per heavy atom. The van der Waals surface area contributed by atoms with Gasteiger partial charge in [-0.25, -0.2) is 4.79 Å². The molecule has 0 spiro atoms. The number of amides is 2. The molecule has 2 fully saturated rings. The molecule has 110 valence electrons. The molecule has 1 heterocycles. The Hall–Kier alpha value is -2.17. The smallest absolute Gasteiger partial charge is 0.335 e. The molecule has 0 aromatic heterocycles. The van der Waals surface area contributed by atoms with Gasteiger partial charge < -0.3 is 5.11 Å². The molecule has 1 aliphatic heterocycles. The molecule has 0 unspecified atom stereocenters. The van der Waals surface area contributed by atoms with Crippen molar-refractivity contribution in [3.63, 3.8) is 0 Å². The molecule has 1 aromatic carbocycles. The lowest BCUT2D eigenvalue weighted by atomic mass is 9.74. The molecule has 2 amide bonds. The minimum atomic E-state index is -1.07. The van der Waals surface area contributed by atoms with Crippen LogP contribution >= 0.6 is 0 Å². The van der Waals surface area contributed by atoms with E-state index in [0.29, 0.717) is 5.69 Å². The number of benzene rings is 1. The number of carboxylic acids is 1. The topological polar surface area (TPSA) is 74.7 Å². The van der Waals surface area contributed by atoms with Crippen molar-refractivity contribution >= 4 is 23.5 Å². The van der Waals surface area contributed by atoms with Crippen LogP contribution in [0.25, 0.3) is 0 Å². The van der Waals surface area contributed by atoms with Gasteiger partial charge in [0.2, 0.25) is 11.8 Å². The molecule has 1 saturated carbocycles. The van der Waals surface area contributed by atoms with Crippen LogP contribution < -0.4 is 4.90 Å². The molecular weight excluding hydrogens is 270 g/mol. The maximum absolute atomic E-state index is 12.6. The maximum atomic E-state index is 12.6. The van der Waals surface area contributed by atoms with Gasteiger partial charge in [-0.3, -0.25) is 14.5 Å². The summed E-state index contributed by atoms with van der Waals surface area (Å²) in [4.78, 5) is 37.4. The number of nitrogens with zero attached hydrogens (tertiary/aromatic N) is 1. The summed E-state index contributed by atoms with van der Waals surface area (Å²) in [6.07, 6.45) is 2.67. The Bertz CT molecular complexity index is 624. The van der Waals surface area contributed by atoms with Crippen LogP contribution in [0, 0.1) is 17.8 Å². The minimum absolute atomic E-state index is 0.0796. The van der Waals surface area contributed by atoms with E-state index in [4.69, 9.17) is 5.11 Å². The van der Waals surface area contributed by atoms with Crippen molar-refractivity contribution in [1.29, 1.82) is 0 Å². The van der Waals surface area contributed by atoms with Crippen LogP contribution in [0.15, 0.2) is 24.3 Å². The molecular formula is C16H17NO4. The summed E-state index contributed by atoms with van der Waals surface area (Å²) in [5, 5.41) is 9.04. The molecule has 3 atom stereocenters. The SMILES string of the molecule is C[C@H]1CCC[C@H]2C(=O)N(c3cccc(C(=O)O)c3)C(=O)[C@H]12. The van der Waals surface area contributed by atoms with Gasteiger partial charge in [-0.1, -0.05) is 19.4 Å². The number of hydrogen-bond acceptors (Lipinski definition) is 3. The molecule has 21 heavy (non-hydrogen) atoms. The van der Waals surface area contributed by atoms with Crippen LogP contribution in [0.1, 0.15) is 36.5 Å². The third-order valence-electron chi connectivity index (χ3n) is 4.62. The molecule has 3 rings (SSSR count). The van der Waals surface area contributed by atoms with Crippen molar-refractivity contribution in [1.82, 2.24) is 0 Å². The summed E-state index contributed by atoms with van der Waals surface area (Å²) in [5.74, 6) is -1.72. The summed E-state index contributed by atoms with van der Waals surface area (Å²) in [5.41, 5.74) is 0.447. The van der Waals surface area contributed by atoms with Gasteiger partial charge in [0.05, 0.1) is 23.1 Å². The highest BCUT2D eigenvalue weighted by atomic mass is 16.4. The van der Waals surface area contributed by atoms with Crippen molar-refractivity contribution in [3.05, 3.63) is 29.8 Å². The maximum Gasteiger partial charge on any atom is 0.335 e. The summed E-state index contributed by atoms with van der Waals surface area (Å²) >= 11 is 0. The molecule has 2 aliphatic rings. The van der Waals surface area contributed by atoms with Crippen LogP contribution in [0.3, 0.4) is 0 Å². The first kappa shape index (κ1) is 13.8. The van der Waals surface area contributed by atoms with Crippen LogP contribution in [-0.4, -0.2) is 22.9 Å². The lowest BCUT2D eigenvalue weighted by molar-refractivity contribution is -0.123. The number of anilines is 1. The van der Waals surface area contributed by atoms with E-state index >= 15 is 0 Å². The number of carbonyl (C=O) groups excluding carboxylic acids is 2. The average molecular weight is 287 g/mol. The Balaban J connectivity index is 1.99. The Kier molecular flexibility index (Phi) is 3.27. The molecule has 1 aromatic rings. The first-order valence-corrected chi connectivity index (χ1v) is 7.22. The van der Waals surface area contributed by atoms with Gasteiger partial charge in [-0.2, -0.15) is 0 Å². The zero-order valence-electron chi connectivity index (χ0n) is 11.8. The second-order valence-corrected chi connectivity index (χ2v) is 5.91. The highest BCUT2D eigenvalue weighted by Crippen LogP contribution is 2.43. The molecule has 5 nitrogen and oxygen atoms in total. The van der Waals surface area contributed by atoms with Gasteiger partial charge in [-0.05, 0) is 37.0 Å². The zero-order valence-corrected chi connectivity index (χ0v) is 11.8. The minimum Gasteiger partial charge on any atom is -0.478 e. The Morgan fingerprint density at radius 2 is 2.00 bits per heavy atom. The third-order valence-corrected chi connectivity index (χ3v) is 4.62. The third kappa shape index (κ3) is 2.13. The van der Waals surface area contributed by atoms with E-state index < -0.39 is 5.97 Å². The molecule has 1 aliphatic carbocycles. The number of fused-ring (bicyclic) bond motifs is 1. The number of rotatable bonds is 2. The lowest BCUT2D eigenvalue weighted by Gasteiger charge is -2.27. The monoisotopic (exact) mass is 287 g/mol. The van der Waals surface area contributed by atoms with Crippen molar-refractivity contribution in [2.75, 3.05) is 4.90 Å². The number of carboxylic acid groups (broad SMARTS) is 1. The number of imide groups is 1. The van der Waals surface area contributed by atoms with Gasteiger partial charge in [-0.15, -0.1) is 0 Å². The largest absolute Gasteiger partial charge is 0.478 e. The summed E-state index contributed by atoms with van der Waals surface area (Å²) in [6.45, 7) is 2.01. The summed E-state index contributed by atoms with van der Waals surface area (Å²) in [6, 6.07) is 6.02. The Labute approximate surface area is 122 Å². The lowest BCUT2D eigenvalue weighted by Crippen LogP contribution is -2.32. The van der Waals surface area contributed by atoms with Crippen LogP contribution in [0.5, 0.6) is 0 Å². The zero-order chi connectivity index (χ0) is 15.1. The first-order valence-electron chi connectivity index (χ1n) is 7.22. The quantitative estimate of drug-likeness (QED) is 0.847. The second-order valence-electron chi connectivity index (χ2n) is 5.91. The van der Waals surface area contributed by atoms with E-state index in [0.717, 1.165) is 19.3 Å². The average Bonchev–Trinajstić information content (AvgIpc) is 2.72. The van der Waals surface area contributed by atoms with Gasteiger partial charge in [0.25, 0.3) is 0 Å². The van der Waals surface area contributed by atoms with E-state index in [1.807, 2.05) is 6.92 Å². The fourth-order valence-electron chi connectivity index (χ4n) is 3.56. The van der Waals surface area contributed by atoms with Crippen LogP contribution in [0.4, 0.5) is 5.69 Å². The number of carbonyl (C=O) groups is 3. The van der Waals surface area contributed by atoms with E-state index in [1.165, 1.54) is 17.0 Å². The summed E-state index contributed by atoms with van der Waals surface area (Å²) in [7, 11) is 0. The van der Waals surface area contributed by atoms with E-state index in [1.54, 1.807) is 12.1 Å². The molecule has 1 N–H and O–H groups in total. The predicted octanol–water partition coefficient (Wildman–Crippen LogP) is 2.31. The predicted molar refractivity (Wildman–Crippen MR) is 75.9 cm³/mol. The number of aromatic carboxylic acids is 1. The van der Waals surface area contributed by atoms with Gasteiger partial charge in [0.15, 0.2) is 0 Å². The van der Waals surface area contributed by atoms with Crippen molar-refractivity contribution in [2.24, 2.45) is 17.8 Å². The fraction of sp³-hybridized carbons (Fsp3) is 0.438. The molecule has 1 saturated heterocycles.